The maximum absolute atomic E-state index is 13.0. The summed E-state index contributed by atoms with van der Waals surface area (Å²) in [6.07, 6.45) is 0.948. The summed E-state index contributed by atoms with van der Waals surface area (Å²) in [6, 6.07) is 11.0. The molecular weight excluding hydrogens is 476 g/mol. The van der Waals surface area contributed by atoms with Crippen LogP contribution in [0, 0.1) is 0 Å². The molecule has 2 N–H and O–H groups in total. The zero-order valence-electron chi connectivity index (χ0n) is 20.1. The van der Waals surface area contributed by atoms with Crippen molar-refractivity contribution in [2.24, 2.45) is 0 Å². The standard InChI is InChI=1S/C24H30N2O8S/c1-5-6-12-25-21-13-19(24(29)32-15-16(2)33-18(4)28)14-22(35(30,31)26-17(3)27)23(21)34-20-10-8-7-9-11-20/h7-11,13-14,16,25H,5-6,12,15H2,1-4H3,(H,26,27). The fraction of sp³-hybridized carbons (Fsp3) is 0.375. The number of nitrogens with one attached hydrogen (secondary N) is 2. The van der Waals surface area contributed by atoms with Gasteiger partial charge in [0.2, 0.25) is 5.91 Å². The molecule has 2 aromatic rings. The highest BCUT2D eigenvalue weighted by molar-refractivity contribution is 7.90. The van der Waals surface area contributed by atoms with Gasteiger partial charge in [-0.05, 0) is 37.6 Å². The number of hydrogen-bond acceptors (Lipinski definition) is 9. The van der Waals surface area contributed by atoms with Gasteiger partial charge in [-0.1, -0.05) is 31.5 Å². The highest BCUT2D eigenvalue weighted by Gasteiger charge is 2.27. The molecule has 11 heteroatoms. The predicted molar refractivity (Wildman–Crippen MR) is 129 cm³/mol. The normalized spacial score (nSPS) is 11.8. The molecule has 1 atom stereocenters. The van der Waals surface area contributed by atoms with Crippen LogP contribution in [0.25, 0.3) is 0 Å². The van der Waals surface area contributed by atoms with E-state index in [-0.39, 0.29) is 23.6 Å². The second-order valence-electron chi connectivity index (χ2n) is 7.73. The smallest absolute Gasteiger partial charge is 0.338 e. The molecular formula is C24H30N2O8S. The minimum atomic E-state index is -4.41. The monoisotopic (exact) mass is 506 g/mol. The number of ether oxygens (including phenoxy) is 3. The summed E-state index contributed by atoms with van der Waals surface area (Å²) in [5.41, 5.74) is 0.136. The molecule has 0 aromatic heterocycles. The number of unbranched alkanes of at least 4 members (excludes halogenated alkanes) is 1. The summed E-state index contributed by atoms with van der Waals surface area (Å²) in [4.78, 5) is 35.0. The lowest BCUT2D eigenvalue weighted by Gasteiger charge is -2.19. The van der Waals surface area contributed by atoms with Gasteiger partial charge in [0, 0.05) is 20.4 Å². The third-order valence-corrected chi connectivity index (χ3v) is 5.92. The summed E-state index contributed by atoms with van der Waals surface area (Å²) in [5, 5.41) is 3.11. The van der Waals surface area contributed by atoms with Gasteiger partial charge >= 0.3 is 11.9 Å². The lowest BCUT2D eigenvalue weighted by Crippen LogP contribution is -2.29. The lowest BCUT2D eigenvalue weighted by atomic mass is 10.1. The molecule has 0 bridgehead atoms. The zero-order chi connectivity index (χ0) is 26.0. The maximum Gasteiger partial charge on any atom is 0.338 e. The van der Waals surface area contributed by atoms with Crippen molar-refractivity contribution < 1.29 is 37.0 Å². The highest BCUT2D eigenvalue weighted by atomic mass is 32.2. The Balaban J connectivity index is 2.56. The summed E-state index contributed by atoms with van der Waals surface area (Å²) in [6.45, 7) is 6.08. The van der Waals surface area contributed by atoms with E-state index in [4.69, 9.17) is 14.2 Å². The first-order chi connectivity index (χ1) is 16.5. The third kappa shape index (κ3) is 8.60. The van der Waals surface area contributed by atoms with Crippen LogP contribution in [-0.4, -0.2) is 45.5 Å². The van der Waals surface area contributed by atoms with Gasteiger partial charge in [-0.2, -0.15) is 0 Å². The van der Waals surface area contributed by atoms with Crippen molar-refractivity contribution in [2.45, 2.75) is 51.5 Å². The van der Waals surface area contributed by atoms with Crippen LogP contribution in [0.1, 0.15) is 50.9 Å². The summed E-state index contributed by atoms with van der Waals surface area (Å²) >= 11 is 0. The molecule has 0 aliphatic rings. The number of anilines is 1. The number of benzene rings is 2. The van der Waals surface area contributed by atoms with Crippen LogP contribution in [-0.2, 0) is 29.1 Å². The van der Waals surface area contributed by atoms with Crippen LogP contribution in [0.5, 0.6) is 11.5 Å². The average molecular weight is 507 g/mol. The van der Waals surface area contributed by atoms with Gasteiger partial charge in [-0.25, -0.2) is 17.9 Å². The second-order valence-corrected chi connectivity index (χ2v) is 9.38. The van der Waals surface area contributed by atoms with Gasteiger partial charge in [0.15, 0.2) is 5.75 Å². The van der Waals surface area contributed by atoms with Gasteiger partial charge in [0.1, 0.15) is 23.4 Å². The first kappa shape index (κ1) is 27.6. The van der Waals surface area contributed by atoms with Crippen LogP contribution in [0.3, 0.4) is 0 Å². The van der Waals surface area contributed by atoms with E-state index in [0.29, 0.717) is 12.3 Å². The van der Waals surface area contributed by atoms with Crippen LogP contribution in [0.2, 0.25) is 0 Å². The van der Waals surface area contributed by atoms with Crippen LogP contribution in [0.15, 0.2) is 47.4 Å². The van der Waals surface area contributed by atoms with Crippen molar-refractivity contribution in [3.05, 3.63) is 48.0 Å². The zero-order valence-corrected chi connectivity index (χ0v) is 20.9. The Morgan fingerprint density at radius 1 is 1.06 bits per heavy atom. The summed E-state index contributed by atoms with van der Waals surface area (Å²) in [5.74, 6) is -1.89. The molecule has 10 nitrogen and oxygen atoms in total. The number of rotatable bonds is 12. The minimum Gasteiger partial charge on any atom is -0.459 e. The Kier molecular flexibility index (Phi) is 10.1. The highest BCUT2D eigenvalue weighted by Crippen LogP contribution is 2.38. The largest absolute Gasteiger partial charge is 0.459 e. The molecule has 1 amide bonds. The molecule has 0 aliphatic carbocycles. The molecule has 2 rings (SSSR count). The minimum absolute atomic E-state index is 0.0779. The van der Waals surface area contributed by atoms with E-state index in [9.17, 15) is 22.8 Å². The summed E-state index contributed by atoms with van der Waals surface area (Å²) in [7, 11) is -4.41. The van der Waals surface area contributed by atoms with E-state index in [0.717, 1.165) is 25.8 Å². The quantitative estimate of drug-likeness (QED) is 0.326. The molecule has 0 spiro atoms. The van der Waals surface area contributed by atoms with Crippen molar-refractivity contribution >= 4 is 33.6 Å². The predicted octanol–water partition coefficient (Wildman–Crippen LogP) is 3.62. The molecule has 0 fully saturated rings. The molecule has 190 valence electrons. The fourth-order valence-electron chi connectivity index (χ4n) is 3.00. The Labute approximate surface area is 205 Å². The van der Waals surface area contributed by atoms with E-state index in [2.05, 4.69) is 5.32 Å². The topological polar surface area (TPSA) is 137 Å². The number of para-hydroxylation sites is 1. The lowest BCUT2D eigenvalue weighted by molar-refractivity contribution is -0.147. The third-order valence-electron chi connectivity index (χ3n) is 4.48. The van der Waals surface area contributed by atoms with Crippen LogP contribution >= 0.6 is 0 Å². The number of carbonyl (C=O) groups is 3. The van der Waals surface area contributed by atoms with E-state index >= 15 is 0 Å². The van der Waals surface area contributed by atoms with E-state index in [1.807, 2.05) is 11.6 Å². The van der Waals surface area contributed by atoms with Gasteiger partial charge in [0.25, 0.3) is 10.0 Å². The number of esters is 2. The van der Waals surface area contributed by atoms with Gasteiger partial charge in [-0.15, -0.1) is 0 Å². The van der Waals surface area contributed by atoms with Crippen LogP contribution < -0.4 is 14.8 Å². The Morgan fingerprint density at radius 2 is 1.74 bits per heavy atom. The Morgan fingerprint density at radius 3 is 2.34 bits per heavy atom. The van der Waals surface area contributed by atoms with E-state index in [1.54, 1.807) is 37.3 Å². The van der Waals surface area contributed by atoms with E-state index in [1.165, 1.54) is 13.0 Å². The number of carbonyl (C=O) groups excluding carboxylic acids is 3. The van der Waals surface area contributed by atoms with Crippen molar-refractivity contribution in [1.29, 1.82) is 0 Å². The van der Waals surface area contributed by atoms with Crippen molar-refractivity contribution in [3.63, 3.8) is 0 Å². The van der Waals surface area contributed by atoms with Crippen molar-refractivity contribution in [3.8, 4) is 11.5 Å². The first-order valence-corrected chi connectivity index (χ1v) is 12.5. The molecule has 1 unspecified atom stereocenters. The van der Waals surface area contributed by atoms with Crippen molar-refractivity contribution in [1.82, 2.24) is 4.72 Å². The molecule has 0 saturated heterocycles. The molecule has 0 saturated carbocycles. The Hall–Kier alpha value is -3.60. The first-order valence-electron chi connectivity index (χ1n) is 11.1. The molecule has 2 aromatic carbocycles. The molecule has 0 aliphatic heterocycles. The second kappa shape index (κ2) is 12.7. The number of sulfonamides is 1. The molecule has 0 heterocycles. The van der Waals surface area contributed by atoms with Gasteiger partial charge in [0.05, 0.1) is 11.3 Å². The van der Waals surface area contributed by atoms with Crippen molar-refractivity contribution in [2.75, 3.05) is 18.5 Å². The average Bonchev–Trinajstić information content (AvgIpc) is 2.77. The molecule has 0 radical (unpaired) electrons. The number of hydrogen-bond donors (Lipinski definition) is 2. The van der Waals surface area contributed by atoms with E-state index < -0.39 is 38.9 Å². The Bertz CT molecular complexity index is 1150. The van der Waals surface area contributed by atoms with Gasteiger partial charge < -0.3 is 19.5 Å². The molecule has 35 heavy (non-hydrogen) atoms. The maximum atomic E-state index is 13.0. The SMILES string of the molecule is CCCCNc1cc(C(=O)OCC(C)OC(C)=O)cc(S(=O)(=O)NC(C)=O)c1Oc1ccccc1. The number of amides is 1. The van der Waals surface area contributed by atoms with Crippen LogP contribution in [0.4, 0.5) is 5.69 Å². The summed E-state index contributed by atoms with van der Waals surface area (Å²) < 4.78 is 44.1. The van der Waals surface area contributed by atoms with Gasteiger partial charge in [-0.3, -0.25) is 9.59 Å². The fourth-order valence-corrected chi connectivity index (χ4v) is 4.17.